The average Bonchev–Trinajstić information content (AvgIpc) is 3.27. The number of nitrogens with one attached hydrogen (secondary N) is 1. The summed E-state index contributed by atoms with van der Waals surface area (Å²) < 4.78 is 1.13. The third-order valence-corrected chi connectivity index (χ3v) is 6.11. The van der Waals surface area contributed by atoms with E-state index in [-0.39, 0.29) is 5.91 Å². The lowest BCUT2D eigenvalue weighted by Crippen LogP contribution is -2.14. The number of amides is 1. The van der Waals surface area contributed by atoms with Crippen LogP contribution in [0.15, 0.2) is 48.5 Å². The van der Waals surface area contributed by atoms with E-state index in [0.717, 1.165) is 28.7 Å². The molecule has 134 valence electrons. The number of rotatable bonds is 3. The first kappa shape index (κ1) is 16.3. The number of hydrogen-bond donors (Lipinski definition) is 1. The van der Waals surface area contributed by atoms with Gasteiger partial charge < -0.3 is 4.90 Å². The molecule has 3 aromatic carbocycles. The van der Waals surface area contributed by atoms with Crippen LogP contribution in [0.2, 0.25) is 0 Å². The van der Waals surface area contributed by atoms with Crippen molar-refractivity contribution >= 4 is 49.1 Å². The van der Waals surface area contributed by atoms with E-state index < -0.39 is 0 Å². The van der Waals surface area contributed by atoms with Gasteiger partial charge in [-0.15, -0.1) is 0 Å². The number of hydrogen-bond acceptors (Lipinski definition) is 4. The summed E-state index contributed by atoms with van der Waals surface area (Å²) in [5.74, 6) is -0.130. The predicted molar refractivity (Wildman–Crippen MR) is 113 cm³/mol. The topological polar surface area (TPSA) is 45.2 Å². The highest BCUT2D eigenvalue weighted by atomic mass is 32.1. The number of carbonyl (C=O) groups excluding carboxylic acids is 1. The van der Waals surface area contributed by atoms with Gasteiger partial charge in [0.2, 0.25) is 0 Å². The zero-order valence-electron chi connectivity index (χ0n) is 15.2. The van der Waals surface area contributed by atoms with Gasteiger partial charge in [-0.3, -0.25) is 10.1 Å². The van der Waals surface area contributed by atoms with E-state index in [1.165, 1.54) is 21.9 Å². The molecule has 1 aromatic heterocycles. The smallest absolute Gasteiger partial charge is 0.257 e. The second kappa shape index (κ2) is 6.06. The molecule has 0 spiro atoms. The third-order valence-electron chi connectivity index (χ3n) is 5.19. The van der Waals surface area contributed by atoms with Crippen molar-refractivity contribution in [3.63, 3.8) is 0 Å². The monoisotopic (exact) mass is 373 g/mol. The van der Waals surface area contributed by atoms with Gasteiger partial charge in [-0.25, -0.2) is 4.98 Å². The van der Waals surface area contributed by atoms with Crippen LogP contribution in [0.5, 0.6) is 0 Å². The molecule has 1 N–H and O–H groups in total. The molecule has 0 radical (unpaired) electrons. The van der Waals surface area contributed by atoms with Gasteiger partial charge in [-0.1, -0.05) is 35.6 Å². The van der Waals surface area contributed by atoms with Gasteiger partial charge >= 0.3 is 0 Å². The van der Waals surface area contributed by atoms with E-state index in [0.29, 0.717) is 10.7 Å². The summed E-state index contributed by atoms with van der Waals surface area (Å²) in [4.78, 5) is 19.4. The second-order valence-corrected chi connectivity index (χ2v) is 8.17. The quantitative estimate of drug-likeness (QED) is 0.557. The molecule has 0 aliphatic heterocycles. The number of fused-ring (bicyclic) bond motifs is 2. The predicted octanol–water partition coefficient (Wildman–Crippen LogP) is 4.87. The maximum Gasteiger partial charge on any atom is 0.257 e. The molecule has 0 fully saturated rings. The van der Waals surface area contributed by atoms with Gasteiger partial charge in [0, 0.05) is 30.7 Å². The van der Waals surface area contributed by atoms with Crippen LogP contribution in [0.1, 0.15) is 21.5 Å². The van der Waals surface area contributed by atoms with Crippen LogP contribution in [-0.2, 0) is 12.8 Å². The maximum absolute atomic E-state index is 12.7. The molecule has 1 aliphatic carbocycles. The van der Waals surface area contributed by atoms with Crippen LogP contribution in [0.3, 0.4) is 0 Å². The maximum atomic E-state index is 12.7. The van der Waals surface area contributed by atoms with Crippen LogP contribution in [0.25, 0.3) is 21.0 Å². The Balaban J connectivity index is 1.53. The van der Waals surface area contributed by atoms with Crippen molar-refractivity contribution in [1.82, 2.24) is 4.98 Å². The fourth-order valence-electron chi connectivity index (χ4n) is 3.85. The van der Waals surface area contributed by atoms with Crippen molar-refractivity contribution < 1.29 is 4.79 Å². The Labute approximate surface area is 161 Å². The van der Waals surface area contributed by atoms with E-state index >= 15 is 0 Å². The standard InChI is InChI=1S/C22H19N3OS/c1-25(2)16-7-3-6-15(11-16)21(26)24-22-23-20-17-8-4-5-13-9-10-14(19(13)17)12-18(20)27-22/h3-8,11-12H,9-10H2,1-2H3,(H,23,24,26). The Morgan fingerprint density at radius 2 is 1.89 bits per heavy atom. The molecule has 0 saturated carbocycles. The third kappa shape index (κ3) is 2.66. The van der Waals surface area contributed by atoms with E-state index in [4.69, 9.17) is 4.98 Å². The fourth-order valence-corrected chi connectivity index (χ4v) is 4.80. The number of aromatic nitrogens is 1. The lowest BCUT2D eigenvalue weighted by atomic mass is 10.0. The first-order valence-corrected chi connectivity index (χ1v) is 9.84. The van der Waals surface area contributed by atoms with Gasteiger partial charge in [0.25, 0.3) is 5.91 Å². The van der Waals surface area contributed by atoms with Gasteiger partial charge in [-0.05, 0) is 53.6 Å². The normalized spacial score (nSPS) is 12.7. The van der Waals surface area contributed by atoms with Crippen molar-refractivity contribution in [2.45, 2.75) is 12.8 Å². The fraction of sp³-hybridized carbons (Fsp3) is 0.182. The Morgan fingerprint density at radius 3 is 2.74 bits per heavy atom. The van der Waals surface area contributed by atoms with E-state index in [2.05, 4.69) is 29.6 Å². The van der Waals surface area contributed by atoms with E-state index in [1.54, 1.807) is 11.3 Å². The molecule has 4 aromatic rings. The zero-order chi connectivity index (χ0) is 18.5. The molecule has 1 aliphatic rings. The van der Waals surface area contributed by atoms with Crippen LogP contribution in [-0.4, -0.2) is 25.0 Å². The summed E-state index contributed by atoms with van der Waals surface area (Å²) >= 11 is 1.54. The molecule has 0 unspecified atom stereocenters. The van der Waals surface area contributed by atoms with Crippen LogP contribution < -0.4 is 10.2 Å². The van der Waals surface area contributed by atoms with Crippen molar-refractivity contribution in [2.75, 3.05) is 24.3 Å². The SMILES string of the molecule is CN(C)c1cccc(C(=O)Nc2nc3c(cc4c5c(cccc53)CC4)s2)c1. The van der Waals surface area contributed by atoms with Crippen molar-refractivity contribution in [3.05, 3.63) is 65.2 Å². The first-order chi connectivity index (χ1) is 13.1. The summed E-state index contributed by atoms with van der Waals surface area (Å²) in [5, 5.41) is 6.18. The van der Waals surface area contributed by atoms with E-state index in [9.17, 15) is 4.79 Å². The second-order valence-electron chi connectivity index (χ2n) is 7.14. The zero-order valence-corrected chi connectivity index (χ0v) is 16.1. The highest BCUT2D eigenvalue weighted by Gasteiger charge is 2.19. The average molecular weight is 373 g/mol. The Kier molecular flexibility index (Phi) is 3.65. The number of anilines is 2. The van der Waals surface area contributed by atoms with Crippen molar-refractivity contribution in [1.29, 1.82) is 0 Å². The van der Waals surface area contributed by atoms with E-state index in [1.807, 2.05) is 43.3 Å². The molecular weight excluding hydrogens is 354 g/mol. The summed E-state index contributed by atoms with van der Waals surface area (Å²) in [5.41, 5.74) is 5.42. The molecule has 4 nitrogen and oxygen atoms in total. The van der Waals surface area contributed by atoms with Gasteiger partial charge in [0.05, 0.1) is 10.2 Å². The minimum atomic E-state index is -0.130. The summed E-state index contributed by atoms with van der Waals surface area (Å²) in [6, 6.07) is 16.3. The summed E-state index contributed by atoms with van der Waals surface area (Å²) in [6.45, 7) is 0. The Morgan fingerprint density at radius 1 is 1.07 bits per heavy atom. The number of aryl methyl sites for hydroxylation is 2. The minimum absolute atomic E-state index is 0.130. The molecule has 0 atom stereocenters. The Hall–Kier alpha value is -2.92. The molecule has 0 bridgehead atoms. The van der Waals surface area contributed by atoms with Crippen LogP contribution >= 0.6 is 11.3 Å². The molecule has 1 amide bonds. The van der Waals surface area contributed by atoms with Crippen LogP contribution in [0.4, 0.5) is 10.8 Å². The van der Waals surface area contributed by atoms with Crippen molar-refractivity contribution in [2.24, 2.45) is 0 Å². The van der Waals surface area contributed by atoms with Crippen LogP contribution in [0, 0.1) is 0 Å². The molecule has 5 rings (SSSR count). The minimum Gasteiger partial charge on any atom is -0.378 e. The largest absolute Gasteiger partial charge is 0.378 e. The molecular formula is C22H19N3OS. The molecule has 1 heterocycles. The highest BCUT2D eigenvalue weighted by Crippen LogP contribution is 2.39. The number of benzene rings is 3. The molecule has 0 saturated heterocycles. The summed E-state index contributed by atoms with van der Waals surface area (Å²) in [6.07, 6.45) is 2.19. The van der Waals surface area contributed by atoms with Crippen molar-refractivity contribution in [3.8, 4) is 0 Å². The number of thiazole rings is 1. The first-order valence-electron chi connectivity index (χ1n) is 9.03. The number of nitrogens with zero attached hydrogens (tertiary/aromatic N) is 2. The number of carbonyl (C=O) groups is 1. The molecule has 27 heavy (non-hydrogen) atoms. The van der Waals surface area contributed by atoms with Gasteiger partial charge in [-0.2, -0.15) is 0 Å². The highest BCUT2D eigenvalue weighted by molar-refractivity contribution is 7.22. The Bertz CT molecular complexity index is 1210. The lowest BCUT2D eigenvalue weighted by Gasteiger charge is -2.13. The molecule has 5 heteroatoms. The lowest BCUT2D eigenvalue weighted by molar-refractivity contribution is 0.102. The van der Waals surface area contributed by atoms with Gasteiger partial charge in [0.15, 0.2) is 5.13 Å². The summed E-state index contributed by atoms with van der Waals surface area (Å²) in [7, 11) is 3.93. The van der Waals surface area contributed by atoms with Gasteiger partial charge in [0.1, 0.15) is 0 Å².